The van der Waals surface area contributed by atoms with Gasteiger partial charge in [0, 0.05) is 22.9 Å². The molecule has 1 fully saturated rings. The number of ketones is 2. The van der Waals surface area contributed by atoms with Gasteiger partial charge in [0.25, 0.3) is 0 Å². The fourth-order valence-corrected chi connectivity index (χ4v) is 3.70. The molecule has 0 amide bonds. The van der Waals surface area contributed by atoms with Crippen molar-refractivity contribution in [3.05, 3.63) is 76.6 Å². The summed E-state index contributed by atoms with van der Waals surface area (Å²) in [6.45, 7) is 2.58. The van der Waals surface area contributed by atoms with E-state index in [9.17, 15) is 14.0 Å². The van der Waals surface area contributed by atoms with Gasteiger partial charge < -0.3 is 4.90 Å². The van der Waals surface area contributed by atoms with Crippen molar-refractivity contribution < 1.29 is 14.0 Å². The minimum Gasteiger partial charge on any atom is -0.303 e. The average Bonchev–Trinajstić information content (AvgIpc) is 2.74. The lowest BCUT2D eigenvalue weighted by molar-refractivity contribution is -0.119. The van der Waals surface area contributed by atoms with Crippen molar-refractivity contribution in [2.45, 2.75) is 25.7 Å². The minimum absolute atomic E-state index is 0.0439. The second kappa shape index (κ2) is 10.5. The molecule has 0 aromatic heterocycles. The lowest BCUT2D eigenvalue weighted by Crippen LogP contribution is -2.36. The predicted molar refractivity (Wildman–Crippen MR) is 115 cm³/mol. The van der Waals surface area contributed by atoms with Crippen molar-refractivity contribution in [1.29, 1.82) is 0 Å². The molecule has 0 spiro atoms. The van der Waals surface area contributed by atoms with E-state index in [-0.39, 0.29) is 23.3 Å². The smallest absolute Gasteiger partial charge is 0.162 e. The van der Waals surface area contributed by atoms with Crippen molar-refractivity contribution in [1.82, 2.24) is 4.90 Å². The summed E-state index contributed by atoms with van der Waals surface area (Å²) in [7, 11) is 0. The quantitative estimate of drug-likeness (QED) is 0.427. The maximum Gasteiger partial charge on any atom is 0.162 e. The van der Waals surface area contributed by atoms with E-state index in [1.165, 1.54) is 24.3 Å². The number of rotatable bonds is 8. The standard InChI is InChI=1S/C24H25ClFNO2/c25-21-8-3-18(4-9-21)5-12-24(29)20-13-16-27(17-14-20)15-1-2-23(28)19-6-10-22(26)11-7-19/h3-12,20H,1-2,13-17H2/b12-5+. The van der Waals surface area contributed by atoms with E-state index >= 15 is 0 Å². The van der Waals surface area contributed by atoms with Crippen LogP contribution in [0.1, 0.15) is 41.6 Å². The molecule has 0 unspecified atom stereocenters. The van der Waals surface area contributed by atoms with Crippen LogP contribution < -0.4 is 0 Å². The van der Waals surface area contributed by atoms with Gasteiger partial charge in [-0.2, -0.15) is 0 Å². The summed E-state index contributed by atoms with van der Waals surface area (Å²) in [6.07, 6.45) is 6.42. The summed E-state index contributed by atoms with van der Waals surface area (Å²) in [5.41, 5.74) is 1.52. The third-order valence-electron chi connectivity index (χ3n) is 5.34. The fraction of sp³-hybridized carbons (Fsp3) is 0.333. The molecule has 1 aliphatic heterocycles. The first-order valence-electron chi connectivity index (χ1n) is 10.00. The molecule has 0 radical (unpaired) electrons. The van der Waals surface area contributed by atoms with Crippen LogP contribution in [0.2, 0.25) is 5.02 Å². The maximum atomic E-state index is 12.9. The Labute approximate surface area is 176 Å². The number of benzene rings is 2. The first-order valence-corrected chi connectivity index (χ1v) is 10.4. The number of Topliss-reactive ketones (excluding diaryl/α,β-unsaturated/α-hetero) is 1. The normalized spacial score (nSPS) is 15.7. The van der Waals surface area contributed by atoms with Gasteiger partial charge in [-0.05, 0) is 86.9 Å². The van der Waals surface area contributed by atoms with E-state index in [1.54, 1.807) is 6.08 Å². The SMILES string of the molecule is O=C(CCCN1CCC(C(=O)/C=C/c2ccc(Cl)cc2)CC1)c1ccc(F)cc1. The number of hydrogen-bond donors (Lipinski definition) is 0. The number of carbonyl (C=O) groups excluding carboxylic acids is 2. The van der Waals surface area contributed by atoms with E-state index in [4.69, 9.17) is 11.6 Å². The summed E-state index contributed by atoms with van der Waals surface area (Å²) >= 11 is 5.87. The molecule has 152 valence electrons. The number of halogens is 2. The van der Waals surface area contributed by atoms with Crippen LogP contribution in [0.5, 0.6) is 0 Å². The molecular formula is C24H25ClFNO2. The molecule has 1 heterocycles. The molecule has 0 bridgehead atoms. The van der Waals surface area contributed by atoms with Gasteiger partial charge in [-0.1, -0.05) is 29.8 Å². The van der Waals surface area contributed by atoms with E-state index in [1.807, 2.05) is 30.3 Å². The van der Waals surface area contributed by atoms with Crippen LogP contribution in [0.15, 0.2) is 54.6 Å². The molecule has 0 N–H and O–H groups in total. The van der Waals surface area contributed by atoms with Gasteiger partial charge in [0.2, 0.25) is 0 Å². The summed E-state index contributed by atoms with van der Waals surface area (Å²) < 4.78 is 12.9. The summed E-state index contributed by atoms with van der Waals surface area (Å²) in [5.74, 6) is -0.0499. The Morgan fingerprint density at radius 2 is 1.69 bits per heavy atom. The lowest BCUT2D eigenvalue weighted by atomic mass is 9.92. The van der Waals surface area contributed by atoms with Crippen LogP contribution >= 0.6 is 11.6 Å². The molecule has 2 aromatic carbocycles. The Morgan fingerprint density at radius 3 is 2.34 bits per heavy atom. The lowest BCUT2D eigenvalue weighted by Gasteiger charge is -2.30. The Balaban J connectivity index is 1.37. The molecule has 3 nitrogen and oxygen atoms in total. The number of nitrogens with zero attached hydrogens (tertiary/aromatic N) is 1. The molecule has 1 saturated heterocycles. The van der Waals surface area contributed by atoms with Gasteiger partial charge in [-0.15, -0.1) is 0 Å². The maximum absolute atomic E-state index is 12.9. The minimum atomic E-state index is -0.332. The number of allylic oxidation sites excluding steroid dienone is 1. The van der Waals surface area contributed by atoms with E-state index in [2.05, 4.69) is 4.90 Å². The molecule has 2 aromatic rings. The van der Waals surface area contributed by atoms with Crippen LogP contribution in [-0.4, -0.2) is 36.1 Å². The van der Waals surface area contributed by atoms with Crippen molar-refractivity contribution in [3.8, 4) is 0 Å². The van der Waals surface area contributed by atoms with Gasteiger partial charge in [0.05, 0.1) is 0 Å². The van der Waals surface area contributed by atoms with Crippen molar-refractivity contribution in [2.24, 2.45) is 5.92 Å². The van der Waals surface area contributed by atoms with Crippen LogP contribution in [-0.2, 0) is 4.79 Å². The molecule has 5 heteroatoms. The van der Waals surface area contributed by atoms with Gasteiger partial charge >= 0.3 is 0 Å². The average molecular weight is 414 g/mol. The molecule has 29 heavy (non-hydrogen) atoms. The van der Waals surface area contributed by atoms with E-state index < -0.39 is 0 Å². The highest BCUT2D eigenvalue weighted by Crippen LogP contribution is 2.20. The van der Waals surface area contributed by atoms with Crippen LogP contribution in [0.25, 0.3) is 6.08 Å². The zero-order chi connectivity index (χ0) is 20.6. The summed E-state index contributed by atoms with van der Waals surface area (Å²) in [6, 6.07) is 13.1. The van der Waals surface area contributed by atoms with E-state index in [0.717, 1.165) is 44.5 Å². The van der Waals surface area contributed by atoms with Gasteiger partial charge in [0.1, 0.15) is 5.82 Å². The van der Waals surface area contributed by atoms with Crippen LogP contribution in [0, 0.1) is 11.7 Å². The van der Waals surface area contributed by atoms with Crippen LogP contribution in [0.3, 0.4) is 0 Å². The van der Waals surface area contributed by atoms with Crippen LogP contribution in [0.4, 0.5) is 4.39 Å². The molecule has 0 aliphatic carbocycles. The second-order valence-corrected chi connectivity index (χ2v) is 7.87. The summed E-state index contributed by atoms with van der Waals surface area (Å²) in [5, 5.41) is 0.681. The Kier molecular flexibility index (Phi) is 7.73. The highest BCUT2D eigenvalue weighted by atomic mass is 35.5. The molecule has 0 atom stereocenters. The molecule has 1 aliphatic rings. The van der Waals surface area contributed by atoms with Crippen molar-refractivity contribution >= 4 is 29.2 Å². The molecule has 0 saturated carbocycles. The topological polar surface area (TPSA) is 37.4 Å². The molecular weight excluding hydrogens is 389 g/mol. The number of piperidine rings is 1. The highest BCUT2D eigenvalue weighted by Gasteiger charge is 2.23. The third-order valence-corrected chi connectivity index (χ3v) is 5.60. The van der Waals surface area contributed by atoms with Gasteiger partial charge in [0.15, 0.2) is 11.6 Å². The van der Waals surface area contributed by atoms with Crippen molar-refractivity contribution in [2.75, 3.05) is 19.6 Å². The largest absolute Gasteiger partial charge is 0.303 e. The monoisotopic (exact) mass is 413 g/mol. The Morgan fingerprint density at radius 1 is 1.03 bits per heavy atom. The second-order valence-electron chi connectivity index (χ2n) is 7.44. The van der Waals surface area contributed by atoms with Crippen molar-refractivity contribution in [3.63, 3.8) is 0 Å². The number of hydrogen-bond acceptors (Lipinski definition) is 3. The van der Waals surface area contributed by atoms with Gasteiger partial charge in [-0.3, -0.25) is 9.59 Å². The number of carbonyl (C=O) groups is 2. The zero-order valence-corrected chi connectivity index (χ0v) is 17.1. The third kappa shape index (κ3) is 6.62. The first kappa shape index (κ1) is 21.4. The Bertz CT molecular complexity index is 853. The van der Waals surface area contributed by atoms with Gasteiger partial charge in [-0.25, -0.2) is 4.39 Å². The first-order chi connectivity index (χ1) is 14.0. The number of likely N-dealkylation sites (tertiary alicyclic amines) is 1. The summed E-state index contributed by atoms with van der Waals surface area (Å²) in [4.78, 5) is 26.9. The Hall–Kier alpha value is -2.30. The fourth-order valence-electron chi connectivity index (χ4n) is 3.57. The van der Waals surface area contributed by atoms with E-state index in [0.29, 0.717) is 17.0 Å². The molecule has 3 rings (SSSR count). The zero-order valence-electron chi connectivity index (χ0n) is 16.3. The highest BCUT2D eigenvalue weighted by molar-refractivity contribution is 6.30. The predicted octanol–water partition coefficient (Wildman–Crippen LogP) is 5.44.